The maximum Gasteiger partial charge on any atom is 0.224 e. The number of benzene rings is 2. The summed E-state index contributed by atoms with van der Waals surface area (Å²) in [7, 11) is 0. The van der Waals surface area contributed by atoms with Gasteiger partial charge in [-0.15, -0.1) is 0 Å². The molecular weight excluding hydrogens is 327 g/mol. The molecule has 2 aromatic rings. The zero-order valence-electron chi connectivity index (χ0n) is 15.4. The molecule has 4 heteroatoms. The van der Waals surface area contributed by atoms with Crippen molar-refractivity contribution >= 4 is 11.6 Å². The van der Waals surface area contributed by atoms with Gasteiger partial charge in [-0.3, -0.25) is 9.69 Å². The summed E-state index contributed by atoms with van der Waals surface area (Å²) in [6, 6.07) is 15.1. The summed E-state index contributed by atoms with van der Waals surface area (Å²) in [5.41, 5.74) is 3.07. The lowest BCUT2D eigenvalue weighted by Gasteiger charge is -2.33. The van der Waals surface area contributed by atoms with Gasteiger partial charge >= 0.3 is 0 Å². The van der Waals surface area contributed by atoms with E-state index < -0.39 is 0 Å². The topological polar surface area (TPSA) is 32.3 Å². The number of anilines is 1. The number of nitrogens with zero attached hydrogens (tertiary/aromatic N) is 1. The molecule has 0 bridgehead atoms. The molecule has 3 rings (SSSR count). The van der Waals surface area contributed by atoms with Crippen LogP contribution >= 0.6 is 0 Å². The van der Waals surface area contributed by atoms with Crippen LogP contribution in [0.25, 0.3) is 0 Å². The number of halogens is 1. The van der Waals surface area contributed by atoms with Crippen LogP contribution in [0, 0.1) is 5.82 Å². The molecule has 1 fully saturated rings. The minimum absolute atomic E-state index is 0.0215. The average molecular weight is 354 g/mol. The highest BCUT2D eigenvalue weighted by Gasteiger charge is 2.17. The molecule has 0 aromatic heterocycles. The Balaban J connectivity index is 1.47. The first-order chi connectivity index (χ1) is 12.6. The predicted octanol–water partition coefficient (Wildman–Crippen LogP) is 4.77. The molecule has 138 valence electrons. The SMILES string of the molecule is CC1CCCCN1Cc1ccc(NC(=O)CCc2ccc(F)cc2)cc1. The fourth-order valence-corrected chi connectivity index (χ4v) is 3.45. The molecule has 26 heavy (non-hydrogen) atoms. The third kappa shape index (κ3) is 5.40. The van der Waals surface area contributed by atoms with Crippen LogP contribution in [0.4, 0.5) is 10.1 Å². The number of rotatable bonds is 6. The Bertz CT molecular complexity index is 712. The Hall–Kier alpha value is -2.20. The highest BCUT2D eigenvalue weighted by atomic mass is 19.1. The molecule has 2 aromatic carbocycles. The number of likely N-dealkylation sites (tertiary alicyclic amines) is 1. The van der Waals surface area contributed by atoms with E-state index in [0.717, 1.165) is 17.8 Å². The summed E-state index contributed by atoms with van der Waals surface area (Å²) in [5.74, 6) is -0.274. The quantitative estimate of drug-likeness (QED) is 0.810. The van der Waals surface area contributed by atoms with Crippen molar-refractivity contribution < 1.29 is 9.18 Å². The summed E-state index contributed by atoms with van der Waals surface area (Å²) in [5, 5.41) is 2.94. The van der Waals surface area contributed by atoms with Crippen molar-refractivity contribution in [3.05, 3.63) is 65.5 Å². The van der Waals surface area contributed by atoms with E-state index in [0.29, 0.717) is 18.9 Å². The van der Waals surface area contributed by atoms with E-state index in [9.17, 15) is 9.18 Å². The third-order valence-electron chi connectivity index (χ3n) is 5.12. The Morgan fingerprint density at radius 1 is 1.08 bits per heavy atom. The summed E-state index contributed by atoms with van der Waals surface area (Å²) in [6.45, 7) is 4.44. The third-order valence-corrected chi connectivity index (χ3v) is 5.12. The van der Waals surface area contributed by atoms with Crippen LogP contribution in [0.2, 0.25) is 0 Å². The number of carbonyl (C=O) groups is 1. The van der Waals surface area contributed by atoms with Crippen LogP contribution in [0.3, 0.4) is 0 Å². The van der Waals surface area contributed by atoms with Crippen LogP contribution in [-0.2, 0) is 17.8 Å². The van der Waals surface area contributed by atoms with Gasteiger partial charge in [-0.05, 0) is 68.1 Å². The van der Waals surface area contributed by atoms with Gasteiger partial charge in [0.1, 0.15) is 5.82 Å². The van der Waals surface area contributed by atoms with Crippen molar-refractivity contribution in [2.75, 3.05) is 11.9 Å². The number of piperidine rings is 1. The summed E-state index contributed by atoms with van der Waals surface area (Å²) < 4.78 is 12.9. The number of hydrogen-bond acceptors (Lipinski definition) is 2. The van der Waals surface area contributed by atoms with E-state index in [2.05, 4.69) is 29.3 Å². The van der Waals surface area contributed by atoms with Crippen LogP contribution < -0.4 is 5.32 Å². The molecule has 0 radical (unpaired) electrons. The Morgan fingerprint density at radius 2 is 1.77 bits per heavy atom. The minimum Gasteiger partial charge on any atom is -0.326 e. The number of amides is 1. The molecule has 0 saturated carbocycles. The summed E-state index contributed by atoms with van der Waals surface area (Å²) in [6.07, 6.45) is 4.89. The first kappa shape index (κ1) is 18.6. The van der Waals surface area contributed by atoms with Crippen molar-refractivity contribution in [3.8, 4) is 0 Å². The largest absolute Gasteiger partial charge is 0.326 e. The fourth-order valence-electron chi connectivity index (χ4n) is 3.45. The van der Waals surface area contributed by atoms with E-state index in [1.54, 1.807) is 12.1 Å². The van der Waals surface area contributed by atoms with Gasteiger partial charge < -0.3 is 5.32 Å². The van der Waals surface area contributed by atoms with Crippen molar-refractivity contribution in [2.24, 2.45) is 0 Å². The molecule has 1 N–H and O–H groups in total. The molecule has 1 atom stereocenters. The van der Waals surface area contributed by atoms with Crippen molar-refractivity contribution in [2.45, 2.75) is 51.6 Å². The summed E-state index contributed by atoms with van der Waals surface area (Å²) >= 11 is 0. The van der Waals surface area contributed by atoms with Gasteiger partial charge in [0.25, 0.3) is 0 Å². The molecule has 3 nitrogen and oxygen atoms in total. The van der Waals surface area contributed by atoms with Gasteiger partial charge in [-0.2, -0.15) is 0 Å². The van der Waals surface area contributed by atoms with E-state index in [1.165, 1.54) is 43.5 Å². The van der Waals surface area contributed by atoms with Crippen LogP contribution in [0.5, 0.6) is 0 Å². The lowest BCUT2D eigenvalue weighted by Crippen LogP contribution is -2.36. The molecule has 1 unspecified atom stereocenters. The van der Waals surface area contributed by atoms with E-state index in [4.69, 9.17) is 0 Å². The van der Waals surface area contributed by atoms with Crippen molar-refractivity contribution in [3.63, 3.8) is 0 Å². The maximum absolute atomic E-state index is 12.9. The van der Waals surface area contributed by atoms with Gasteiger partial charge in [0.2, 0.25) is 5.91 Å². The van der Waals surface area contributed by atoms with Crippen molar-refractivity contribution in [1.29, 1.82) is 0 Å². The molecule has 1 aliphatic heterocycles. The molecule has 0 spiro atoms. The number of carbonyl (C=O) groups excluding carboxylic acids is 1. The number of aryl methyl sites for hydroxylation is 1. The monoisotopic (exact) mass is 354 g/mol. The Labute approximate surface area is 155 Å². The number of nitrogens with one attached hydrogen (secondary N) is 1. The van der Waals surface area contributed by atoms with Gasteiger partial charge in [0.05, 0.1) is 0 Å². The molecule has 1 heterocycles. The predicted molar refractivity (Wildman–Crippen MR) is 104 cm³/mol. The van der Waals surface area contributed by atoms with Gasteiger partial charge in [0.15, 0.2) is 0 Å². The lowest BCUT2D eigenvalue weighted by molar-refractivity contribution is -0.116. The van der Waals surface area contributed by atoms with Crippen LogP contribution in [-0.4, -0.2) is 23.4 Å². The fraction of sp³-hybridized carbons (Fsp3) is 0.409. The first-order valence-electron chi connectivity index (χ1n) is 9.47. The molecule has 0 aliphatic carbocycles. The molecule has 1 saturated heterocycles. The van der Waals surface area contributed by atoms with Gasteiger partial charge in [0, 0.05) is 24.7 Å². The van der Waals surface area contributed by atoms with Crippen LogP contribution in [0.15, 0.2) is 48.5 Å². The molecular formula is C22H27FN2O. The second-order valence-corrected chi connectivity index (χ2v) is 7.19. The zero-order chi connectivity index (χ0) is 18.4. The normalized spacial score (nSPS) is 17.8. The molecule has 1 amide bonds. The number of hydrogen-bond donors (Lipinski definition) is 1. The second-order valence-electron chi connectivity index (χ2n) is 7.19. The molecule has 1 aliphatic rings. The standard InChI is InChI=1S/C22H27FN2O/c1-17-4-2-3-15-25(17)16-19-7-12-21(13-8-19)24-22(26)14-9-18-5-10-20(23)11-6-18/h5-8,10-13,17H,2-4,9,14-16H2,1H3,(H,24,26). The summed E-state index contributed by atoms with van der Waals surface area (Å²) in [4.78, 5) is 14.6. The first-order valence-corrected chi connectivity index (χ1v) is 9.47. The van der Waals surface area contributed by atoms with Gasteiger partial charge in [-0.1, -0.05) is 30.7 Å². The minimum atomic E-state index is -0.253. The lowest BCUT2D eigenvalue weighted by atomic mass is 10.0. The van der Waals surface area contributed by atoms with E-state index in [-0.39, 0.29) is 11.7 Å². The van der Waals surface area contributed by atoms with Crippen LogP contribution in [0.1, 0.15) is 43.7 Å². The zero-order valence-corrected chi connectivity index (χ0v) is 15.4. The van der Waals surface area contributed by atoms with Crippen molar-refractivity contribution in [1.82, 2.24) is 4.90 Å². The second kappa shape index (κ2) is 8.95. The average Bonchev–Trinajstić information content (AvgIpc) is 2.65. The Kier molecular flexibility index (Phi) is 6.40. The van der Waals surface area contributed by atoms with Gasteiger partial charge in [-0.25, -0.2) is 4.39 Å². The smallest absolute Gasteiger partial charge is 0.224 e. The highest BCUT2D eigenvalue weighted by molar-refractivity contribution is 5.90. The highest BCUT2D eigenvalue weighted by Crippen LogP contribution is 2.20. The maximum atomic E-state index is 12.9. The van der Waals surface area contributed by atoms with E-state index >= 15 is 0 Å². The Morgan fingerprint density at radius 3 is 2.46 bits per heavy atom. The van der Waals surface area contributed by atoms with E-state index in [1.807, 2.05) is 12.1 Å².